The summed E-state index contributed by atoms with van der Waals surface area (Å²) >= 11 is 0. The summed E-state index contributed by atoms with van der Waals surface area (Å²) in [4.78, 5) is 17.9. The molecule has 1 fully saturated rings. The number of carbonyl (C=O) groups is 1. The molecule has 164 valence electrons. The minimum atomic E-state index is -4.71. The number of nitrogens with zero attached hydrogens (tertiary/aromatic N) is 4. The van der Waals surface area contributed by atoms with E-state index in [1.807, 2.05) is 0 Å². The lowest BCUT2D eigenvalue weighted by molar-refractivity contribution is -0.137. The lowest BCUT2D eigenvalue weighted by atomic mass is 10.1. The van der Waals surface area contributed by atoms with Crippen molar-refractivity contribution in [1.82, 2.24) is 19.7 Å². The van der Waals surface area contributed by atoms with Crippen molar-refractivity contribution in [3.8, 4) is 11.6 Å². The first-order chi connectivity index (χ1) is 14.7. The van der Waals surface area contributed by atoms with E-state index in [4.69, 9.17) is 9.47 Å². The van der Waals surface area contributed by atoms with Crippen molar-refractivity contribution in [2.45, 2.75) is 13.1 Å². The topological polar surface area (TPSA) is 69.5 Å². The number of pyridine rings is 1. The van der Waals surface area contributed by atoms with Gasteiger partial charge in [-0.25, -0.2) is 9.07 Å². The molecule has 31 heavy (non-hydrogen) atoms. The van der Waals surface area contributed by atoms with Crippen molar-refractivity contribution >= 4 is 16.9 Å². The van der Waals surface area contributed by atoms with Crippen LogP contribution in [0.15, 0.2) is 30.3 Å². The molecule has 0 radical (unpaired) electrons. The Morgan fingerprint density at radius 1 is 1.23 bits per heavy atom. The normalized spacial score (nSPS) is 14.8. The summed E-state index contributed by atoms with van der Waals surface area (Å²) in [6.07, 6.45) is -4.71. The molecular weight excluding hydrogens is 420 g/mol. The first kappa shape index (κ1) is 21.0. The van der Waals surface area contributed by atoms with Gasteiger partial charge in [0.05, 0.1) is 35.5 Å². The Hall–Kier alpha value is -3.21. The van der Waals surface area contributed by atoms with Gasteiger partial charge in [0.15, 0.2) is 12.3 Å². The third-order valence-electron chi connectivity index (χ3n) is 4.85. The number of carbonyl (C=O) groups excluding carboxylic acids is 1. The van der Waals surface area contributed by atoms with Crippen LogP contribution in [0.25, 0.3) is 16.7 Å². The molecule has 1 saturated heterocycles. The summed E-state index contributed by atoms with van der Waals surface area (Å²) in [6.45, 7) is 2.49. The third-order valence-corrected chi connectivity index (χ3v) is 4.85. The molecule has 0 saturated carbocycles. The van der Waals surface area contributed by atoms with Crippen LogP contribution in [0, 0.1) is 12.7 Å². The van der Waals surface area contributed by atoms with Crippen molar-refractivity contribution in [2.24, 2.45) is 0 Å². The van der Waals surface area contributed by atoms with E-state index in [1.165, 1.54) is 30.0 Å². The van der Waals surface area contributed by atoms with Crippen LogP contribution in [0.1, 0.15) is 11.3 Å². The van der Waals surface area contributed by atoms with Gasteiger partial charge in [0.1, 0.15) is 5.82 Å². The zero-order chi connectivity index (χ0) is 22.2. The van der Waals surface area contributed by atoms with Gasteiger partial charge in [0.25, 0.3) is 5.91 Å². The molecule has 1 amide bonds. The summed E-state index contributed by atoms with van der Waals surface area (Å²) in [7, 11) is 0. The van der Waals surface area contributed by atoms with Crippen LogP contribution in [0.4, 0.5) is 17.6 Å². The van der Waals surface area contributed by atoms with Gasteiger partial charge >= 0.3 is 6.18 Å². The SMILES string of the molecule is Cc1nn(-c2cccc(F)c2)c2nc(OCC(=O)N3CCOCC3)cc(C(F)(F)F)c12. The molecule has 0 spiro atoms. The number of morpholine rings is 1. The number of hydrogen-bond donors (Lipinski definition) is 0. The highest BCUT2D eigenvalue weighted by molar-refractivity contribution is 5.85. The number of hydrogen-bond acceptors (Lipinski definition) is 5. The van der Waals surface area contributed by atoms with E-state index in [0.717, 1.165) is 16.8 Å². The van der Waals surface area contributed by atoms with Crippen molar-refractivity contribution in [3.63, 3.8) is 0 Å². The van der Waals surface area contributed by atoms with Gasteiger partial charge < -0.3 is 14.4 Å². The van der Waals surface area contributed by atoms with Crippen LogP contribution in [-0.2, 0) is 15.7 Å². The Morgan fingerprint density at radius 3 is 2.65 bits per heavy atom. The number of aryl methyl sites for hydroxylation is 1. The van der Waals surface area contributed by atoms with E-state index in [0.29, 0.717) is 26.3 Å². The molecule has 7 nitrogen and oxygen atoms in total. The minimum absolute atomic E-state index is 0.0787. The van der Waals surface area contributed by atoms with E-state index >= 15 is 0 Å². The first-order valence-corrected chi connectivity index (χ1v) is 9.46. The predicted molar refractivity (Wildman–Crippen MR) is 101 cm³/mol. The standard InChI is InChI=1S/C20H18F4N4O3/c1-12-18-15(20(22,23)24)10-16(31-11-17(29)27-5-7-30-8-6-27)25-19(18)28(26-12)14-4-2-3-13(21)9-14/h2-4,9-10H,5-8,11H2,1H3. The second-order valence-corrected chi connectivity index (χ2v) is 6.96. The quantitative estimate of drug-likeness (QED) is 0.586. The molecule has 0 unspecified atom stereocenters. The largest absolute Gasteiger partial charge is 0.467 e. The van der Waals surface area contributed by atoms with Crippen molar-refractivity contribution in [1.29, 1.82) is 0 Å². The van der Waals surface area contributed by atoms with Crippen LogP contribution in [0.2, 0.25) is 0 Å². The fraction of sp³-hybridized carbons (Fsp3) is 0.350. The zero-order valence-corrected chi connectivity index (χ0v) is 16.4. The Morgan fingerprint density at radius 2 is 1.97 bits per heavy atom. The maximum atomic E-state index is 13.8. The van der Waals surface area contributed by atoms with Crippen molar-refractivity contribution in [2.75, 3.05) is 32.9 Å². The molecule has 1 aliphatic rings. The number of fused-ring (bicyclic) bond motifs is 1. The van der Waals surface area contributed by atoms with E-state index in [1.54, 1.807) is 0 Å². The fourth-order valence-electron chi connectivity index (χ4n) is 3.39. The first-order valence-electron chi connectivity index (χ1n) is 9.46. The van der Waals surface area contributed by atoms with Crippen LogP contribution in [0.3, 0.4) is 0 Å². The number of rotatable bonds is 4. The molecule has 1 aliphatic heterocycles. The highest BCUT2D eigenvalue weighted by Gasteiger charge is 2.36. The molecule has 11 heteroatoms. The van der Waals surface area contributed by atoms with Gasteiger partial charge in [0, 0.05) is 19.2 Å². The highest BCUT2D eigenvalue weighted by Crippen LogP contribution is 2.38. The summed E-state index contributed by atoms with van der Waals surface area (Å²) < 4.78 is 66.6. The summed E-state index contributed by atoms with van der Waals surface area (Å²) in [6, 6.07) is 6.01. The number of alkyl halides is 3. The van der Waals surface area contributed by atoms with Crippen LogP contribution >= 0.6 is 0 Å². The molecule has 3 heterocycles. The fourth-order valence-corrected chi connectivity index (χ4v) is 3.39. The monoisotopic (exact) mass is 438 g/mol. The van der Waals surface area contributed by atoms with Gasteiger partial charge in [0.2, 0.25) is 5.88 Å². The van der Waals surface area contributed by atoms with Gasteiger partial charge in [-0.2, -0.15) is 23.3 Å². The number of aromatic nitrogens is 3. The third kappa shape index (κ3) is 4.31. The number of halogens is 4. The molecule has 0 atom stereocenters. The summed E-state index contributed by atoms with van der Waals surface area (Å²) in [5.41, 5.74) is -0.853. The van der Waals surface area contributed by atoms with E-state index < -0.39 is 24.2 Å². The highest BCUT2D eigenvalue weighted by atomic mass is 19.4. The molecule has 3 aromatic rings. The molecule has 0 aliphatic carbocycles. The minimum Gasteiger partial charge on any atom is -0.467 e. The van der Waals surface area contributed by atoms with Gasteiger partial charge in [-0.3, -0.25) is 4.79 Å². The number of amides is 1. The van der Waals surface area contributed by atoms with E-state index in [9.17, 15) is 22.4 Å². The average Bonchev–Trinajstić information content (AvgIpc) is 3.08. The van der Waals surface area contributed by atoms with E-state index in [2.05, 4.69) is 10.1 Å². The predicted octanol–water partition coefficient (Wildman–Crippen LogP) is 3.12. The lowest BCUT2D eigenvalue weighted by Gasteiger charge is -2.26. The van der Waals surface area contributed by atoms with E-state index in [-0.39, 0.29) is 34.2 Å². The summed E-state index contributed by atoms with van der Waals surface area (Å²) in [5.74, 6) is -1.33. The Kier molecular flexibility index (Phi) is 5.52. The van der Waals surface area contributed by atoms with Gasteiger partial charge in [-0.1, -0.05) is 6.07 Å². The average molecular weight is 438 g/mol. The van der Waals surface area contributed by atoms with Crippen LogP contribution < -0.4 is 4.74 Å². The maximum absolute atomic E-state index is 13.8. The maximum Gasteiger partial charge on any atom is 0.417 e. The Labute approximate surface area is 174 Å². The zero-order valence-electron chi connectivity index (χ0n) is 16.4. The van der Waals surface area contributed by atoms with Crippen LogP contribution in [0.5, 0.6) is 5.88 Å². The molecular formula is C20H18F4N4O3. The number of ether oxygens (including phenoxy) is 2. The van der Waals surface area contributed by atoms with Gasteiger partial charge in [-0.05, 0) is 25.1 Å². The lowest BCUT2D eigenvalue weighted by Crippen LogP contribution is -2.43. The Balaban J connectivity index is 1.74. The Bertz CT molecular complexity index is 1120. The molecule has 4 rings (SSSR count). The second-order valence-electron chi connectivity index (χ2n) is 6.96. The number of benzene rings is 1. The van der Waals surface area contributed by atoms with Crippen LogP contribution in [-0.4, -0.2) is 58.5 Å². The molecule has 2 aromatic heterocycles. The summed E-state index contributed by atoms with van der Waals surface area (Å²) in [5, 5.41) is 3.91. The molecule has 0 bridgehead atoms. The van der Waals surface area contributed by atoms with Crippen molar-refractivity contribution < 1.29 is 31.8 Å². The molecule has 1 aromatic carbocycles. The van der Waals surface area contributed by atoms with Crippen molar-refractivity contribution in [3.05, 3.63) is 47.4 Å². The smallest absolute Gasteiger partial charge is 0.417 e. The molecule has 0 N–H and O–H groups in total. The van der Waals surface area contributed by atoms with Gasteiger partial charge in [-0.15, -0.1) is 0 Å². The second kappa shape index (κ2) is 8.14.